The third kappa shape index (κ3) is 4.38. The minimum atomic E-state index is -0.666. The lowest BCUT2D eigenvalue weighted by Crippen LogP contribution is -2.42. The largest absolute Gasteiger partial charge is 0.467 e. The Balaban J connectivity index is 2.08. The van der Waals surface area contributed by atoms with Gasteiger partial charge in [0.1, 0.15) is 18.2 Å². The molecule has 0 radical (unpaired) electrons. The number of hydrogen-bond acceptors (Lipinski definition) is 5. The van der Waals surface area contributed by atoms with E-state index in [9.17, 15) is 9.59 Å². The van der Waals surface area contributed by atoms with E-state index >= 15 is 0 Å². The fraction of sp³-hybridized carbons (Fsp3) is 0.375. The summed E-state index contributed by atoms with van der Waals surface area (Å²) < 4.78 is 6.47. The topological polar surface area (TPSA) is 86.1 Å². The molecule has 0 aliphatic heterocycles. The predicted octanol–water partition coefficient (Wildman–Crippen LogP) is 1.58. The molecule has 2 aromatic heterocycles. The first-order chi connectivity index (χ1) is 11.0. The zero-order valence-electron chi connectivity index (χ0n) is 13.4. The van der Waals surface area contributed by atoms with Gasteiger partial charge in [-0.05, 0) is 24.5 Å². The summed E-state index contributed by atoms with van der Waals surface area (Å²) in [5.74, 6) is 0.104. The van der Waals surface area contributed by atoms with E-state index in [1.165, 1.54) is 13.3 Å². The Hall–Kier alpha value is -2.70. The van der Waals surface area contributed by atoms with Gasteiger partial charge in [0.25, 0.3) is 5.91 Å². The second-order valence-electron chi connectivity index (χ2n) is 5.55. The summed E-state index contributed by atoms with van der Waals surface area (Å²) in [5, 5.41) is 2.70. The second kappa shape index (κ2) is 7.53. The number of nitrogens with zero attached hydrogens (tertiary/aromatic N) is 3. The first-order valence-electron chi connectivity index (χ1n) is 7.34. The van der Waals surface area contributed by atoms with Gasteiger partial charge in [-0.1, -0.05) is 13.8 Å². The summed E-state index contributed by atoms with van der Waals surface area (Å²) in [4.78, 5) is 32.2. The van der Waals surface area contributed by atoms with Gasteiger partial charge in [-0.25, -0.2) is 14.8 Å². The molecule has 7 heteroatoms. The van der Waals surface area contributed by atoms with Gasteiger partial charge in [0.05, 0.1) is 12.7 Å². The third-order valence-electron chi connectivity index (χ3n) is 3.28. The Labute approximate surface area is 134 Å². The molecule has 0 aromatic carbocycles. The summed E-state index contributed by atoms with van der Waals surface area (Å²) >= 11 is 0. The molecular formula is C16H20N4O3. The van der Waals surface area contributed by atoms with Gasteiger partial charge in [-0.3, -0.25) is 9.36 Å². The molecule has 0 bridgehead atoms. The average molecular weight is 316 g/mol. The summed E-state index contributed by atoms with van der Waals surface area (Å²) in [6.07, 6.45) is 7.01. The van der Waals surface area contributed by atoms with Gasteiger partial charge < -0.3 is 10.1 Å². The molecule has 1 atom stereocenters. The van der Waals surface area contributed by atoms with Crippen LogP contribution in [0.5, 0.6) is 0 Å². The first-order valence-corrected chi connectivity index (χ1v) is 7.34. The number of esters is 1. The fourth-order valence-corrected chi connectivity index (χ4v) is 2.14. The molecule has 23 heavy (non-hydrogen) atoms. The molecule has 0 saturated heterocycles. The van der Waals surface area contributed by atoms with Crippen molar-refractivity contribution in [1.82, 2.24) is 19.9 Å². The van der Waals surface area contributed by atoms with E-state index < -0.39 is 12.0 Å². The van der Waals surface area contributed by atoms with Crippen molar-refractivity contribution in [2.75, 3.05) is 7.11 Å². The molecule has 122 valence electrons. The molecule has 2 rings (SSSR count). The van der Waals surface area contributed by atoms with Crippen molar-refractivity contribution in [3.8, 4) is 5.82 Å². The van der Waals surface area contributed by atoms with E-state index in [1.54, 1.807) is 35.4 Å². The van der Waals surface area contributed by atoms with Crippen molar-refractivity contribution in [1.29, 1.82) is 0 Å². The molecule has 0 aliphatic rings. The van der Waals surface area contributed by atoms with Crippen molar-refractivity contribution in [3.05, 3.63) is 42.6 Å². The minimum Gasteiger partial charge on any atom is -0.467 e. The Morgan fingerprint density at radius 2 is 2.13 bits per heavy atom. The number of hydrogen-bond donors (Lipinski definition) is 1. The smallest absolute Gasteiger partial charge is 0.328 e. The Morgan fingerprint density at radius 1 is 1.35 bits per heavy atom. The van der Waals surface area contributed by atoms with Crippen molar-refractivity contribution in [3.63, 3.8) is 0 Å². The standard InChI is InChI=1S/C16H20N4O3/c1-11(2)8-13(16(22)23-3)19-15(21)12-4-5-14(18-9-12)20-7-6-17-10-20/h4-7,9-11,13H,8H2,1-3H3,(H,19,21). The SMILES string of the molecule is COC(=O)C(CC(C)C)NC(=O)c1ccc(-n2ccnc2)nc1. The highest BCUT2D eigenvalue weighted by atomic mass is 16.5. The highest BCUT2D eigenvalue weighted by molar-refractivity contribution is 5.96. The van der Waals surface area contributed by atoms with Crippen LogP contribution in [-0.2, 0) is 9.53 Å². The number of amides is 1. The molecule has 1 N–H and O–H groups in total. The first kappa shape index (κ1) is 16.7. The molecule has 1 amide bonds. The van der Waals surface area contributed by atoms with Crippen LogP contribution in [0, 0.1) is 5.92 Å². The molecule has 1 unspecified atom stereocenters. The fourth-order valence-electron chi connectivity index (χ4n) is 2.14. The maximum atomic E-state index is 12.3. The van der Waals surface area contributed by atoms with Gasteiger partial charge in [0.2, 0.25) is 0 Å². The highest BCUT2D eigenvalue weighted by Crippen LogP contribution is 2.09. The second-order valence-corrected chi connectivity index (χ2v) is 5.55. The van der Waals surface area contributed by atoms with E-state index in [-0.39, 0.29) is 11.8 Å². The number of methoxy groups -OCH3 is 1. The molecule has 7 nitrogen and oxygen atoms in total. The summed E-state index contributed by atoms with van der Waals surface area (Å²) in [6, 6.07) is 2.70. The van der Waals surface area contributed by atoms with E-state index in [0.29, 0.717) is 17.8 Å². The maximum absolute atomic E-state index is 12.3. The molecular weight excluding hydrogens is 296 g/mol. The van der Waals surface area contributed by atoms with Gasteiger partial charge in [-0.15, -0.1) is 0 Å². The lowest BCUT2D eigenvalue weighted by molar-refractivity contribution is -0.143. The number of carbonyl (C=O) groups is 2. The van der Waals surface area contributed by atoms with Gasteiger partial charge in [-0.2, -0.15) is 0 Å². The van der Waals surface area contributed by atoms with Crippen molar-refractivity contribution in [2.24, 2.45) is 5.92 Å². The maximum Gasteiger partial charge on any atom is 0.328 e. The molecule has 0 aliphatic carbocycles. The normalized spacial score (nSPS) is 12.0. The van der Waals surface area contributed by atoms with Crippen LogP contribution in [0.3, 0.4) is 0 Å². The number of ether oxygens (including phenoxy) is 1. The monoisotopic (exact) mass is 316 g/mol. The Kier molecular flexibility index (Phi) is 5.46. The number of aromatic nitrogens is 3. The minimum absolute atomic E-state index is 0.251. The molecule has 0 spiro atoms. The van der Waals surface area contributed by atoms with Crippen LogP contribution in [0.2, 0.25) is 0 Å². The number of carbonyl (C=O) groups excluding carboxylic acids is 2. The van der Waals surface area contributed by atoms with E-state index in [0.717, 1.165) is 0 Å². The van der Waals surface area contributed by atoms with Crippen LogP contribution in [0.4, 0.5) is 0 Å². The number of rotatable bonds is 6. The summed E-state index contributed by atoms with van der Waals surface area (Å²) in [7, 11) is 1.31. The number of pyridine rings is 1. The number of nitrogens with one attached hydrogen (secondary N) is 1. The highest BCUT2D eigenvalue weighted by Gasteiger charge is 2.23. The van der Waals surface area contributed by atoms with Crippen LogP contribution < -0.4 is 5.32 Å². The van der Waals surface area contributed by atoms with Crippen molar-refractivity contribution < 1.29 is 14.3 Å². The van der Waals surface area contributed by atoms with E-state index in [4.69, 9.17) is 4.74 Å². The zero-order valence-corrected chi connectivity index (χ0v) is 13.4. The van der Waals surface area contributed by atoms with Gasteiger partial charge >= 0.3 is 5.97 Å². The lowest BCUT2D eigenvalue weighted by Gasteiger charge is -2.18. The van der Waals surface area contributed by atoms with E-state index in [2.05, 4.69) is 15.3 Å². The van der Waals surface area contributed by atoms with Gasteiger partial charge in [0, 0.05) is 18.6 Å². The Morgan fingerprint density at radius 3 is 2.65 bits per heavy atom. The summed E-state index contributed by atoms with van der Waals surface area (Å²) in [5.41, 5.74) is 0.381. The zero-order chi connectivity index (χ0) is 16.8. The van der Waals surface area contributed by atoms with Crippen molar-refractivity contribution in [2.45, 2.75) is 26.3 Å². The average Bonchev–Trinajstić information content (AvgIpc) is 3.07. The predicted molar refractivity (Wildman–Crippen MR) is 84.1 cm³/mol. The van der Waals surface area contributed by atoms with Crippen LogP contribution in [0.1, 0.15) is 30.6 Å². The Bertz CT molecular complexity index is 650. The third-order valence-corrected chi connectivity index (χ3v) is 3.28. The quantitative estimate of drug-likeness (QED) is 0.818. The summed E-state index contributed by atoms with van der Waals surface area (Å²) in [6.45, 7) is 3.95. The lowest BCUT2D eigenvalue weighted by atomic mass is 10.0. The molecule has 0 saturated carbocycles. The van der Waals surface area contributed by atoms with Crippen molar-refractivity contribution >= 4 is 11.9 Å². The van der Waals surface area contributed by atoms with Crippen LogP contribution >= 0.6 is 0 Å². The van der Waals surface area contributed by atoms with Gasteiger partial charge in [0.15, 0.2) is 0 Å². The molecule has 0 fully saturated rings. The number of imidazole rings is 1. The molecule has 2 heterocycles. The van der Waals surface area contributed by atoms with Crippen LogP contribution in [0.25, 0.3) is 5.82 Å². The van der Waals surface area contributed by atoms with E-state index in [1.807, 2.05) is 13.8 Å². The van der Waals surface area contributed by atoms with Crippen LogP contribution in [0.15, 0.2) is 37.1 Å². The molecule has 2 aromatic rings. The van der Waals surface area contributed by atoms with Crippen LogP contribution in [-0.4, -0.2) is 39.6 Å².